The van der Waals surface area contributed by atoms with E-state index in [0.717, 1.165) is 25.1 Å². The predicted octanol–water partition coefficient (Wildman–Crippen LogP) is 1.00. The predicted molar refractivity (Wildman–Crippen MR) is 37.6 cm³/mol. The summed E-state index contributed by atoms with van der Waals surface area (Å²) in [7, 11) is 0. The summed E-state index contributed by atoms with van der Waals surface area (Å²) in [6.07, 6.45) is 4.84. The highest BCUT2D eigenvalue weighted by atomic mass is 15.3. The number of aromatic nitrogens is 3. The molecule has 3 nitrogen and oxygen atoms in total. The molecule has 0 radical (unpaired) electrons. The summed E-state index contributed by atoms with van der Waals surface area (Å²) in [6.45, 7) is -1.28. The van der Waals surface area contributed by atoms with Crippen molar-refractivity contribution in [2.75, 3.05) is 0 Å². The largest absolute Gasteiger partial charge is 0.318 e. The number of aryl methyl sites for hydroxylation is 2. The SMILES string of the molecule is [2H]C1([2H])CCCCc2nncn21. The molecule has 0 saturated carbocycles. The van der Waals surface area contributed by atoms with Crippen molar-refractivity contribution in [3.05, 3.63) is 12.2 Å². The minimum atomic E-state index is -1.28. The maximum absolute atomic E-state index is 7.71. The van der Waals surface area contributed by atoms with E-state index in [1.54, 1.807) is 4.57 Å². The third-order valence-corrected chi connectivity index (χ3v) is 1.73. The second kappa shape index (κ2) is 2.40. The van der Waals surface area contributed by atoms with Crippen molar-refractivity contribution >= 4 is 0 Å². The molecule has 0 atom stereocenters. The van der Waals surface area contributed by atoms with Crippen molar-refractivity contribution in [1.29, 1.82) is 0 Å². The van der Waals surface area contributed by atoms with Gasteiger partial charge in [-0.2, -0.15) is 0 Å². The molecule has 0 fully saturated rings. The van der Waals surface area contributed by atoms with Crippen LogP contribution >= 0.6 is 0 Å². The van der Waals surface area contributed by atoms with Gasteiger partial charge in [0.15, 0.2) is 0 Å². The molecule has 0 spiro atoms. The monoisotopic (exact) mass is 139 g/mol. The quantitative estimate of drug-likeness (QED) is 0.537. The van der Waals surface area contributed by atoms with Gasteiger partial charge in [0.25, 0.3) is 0 Å². The lowest BCUT2D eigenvalue weighted by atomic mass is 10.2. The summed E-state index contributed by atoms with van der Waals surface area (Å²) < 4.78 is 17.0. The minimum absolute atomic E-state index is 0.567. The zero-order valence-corrected chi connectivity index (χ0v) is 5.75. The zero-order chi connectivity index (χ0) is 8.60. The van der Waals surface area contributed by atoms with Gasteiger partial charge in [-0.15, -0.1) is 10.2 Å². The molecule has 10 heavy (non-hydrogen) atoms. The van der Waals surface area contributed by atoms with Gasteiger partial charge in [-0.3, -0.25) is 0 Å². The fraction of sp³-hybridized carbons (Fsp3) is 0.714. The molecular formula is C7H11N3. The standard InChI is InChI=1S/C7H11N3/c1-2-4-7-9-8-6-10(7)5-3-1/h6H,1-5H2/i5D2. The third-order valence-electron chi connectivity index (χ3n) is 1.73. The highest BCUT2D eigenvalue weighted by Crippen LogP contribution is 2.10. The number of rotatable bonds is 0. The summed E-state index contributed by atoms with van der Waals surface area (Å²) in [5.74, 6) is 0.775. The first-order chi connectivity index (χ1) is 5.70. The van der Waals surface area contributed by atoms with Gasteiger partial charge >= 0.3 is 0 Å². The molecule has 0 amide bonds. The smallest absolute Gasteiger partial charge is 0.132 e. The Labute approximate surface area is 62.9 Å². The molecule has 0 N–H and O–H groups in total. The van der Waals surface area contributed by atoms with E-state index in [1.807, 2.05) is 0 Å². The van der Waals surface area contributed by atoms with E-state index in [-0.39, 0.29) is 0 Å². The number of hydrogen-bond donors (Lipinski definition) is 0. The van der Waals surface area contributed by atoms with E-state index in [4.69, 9.17) is 2.74 Å². The number of hydrogen-bond acceptors (Lipinski definition) is 2. The van der Waals surface area contributed by atoms with Crippen LogP contribution in [0, 0.1) is 0 Å². The number of nitrogens with zero attached hydrogens (tertiary/aromatic N) is 3. The summed E-state index contributed by atoms with van der Waals surface area (Å²) >= 11 is 0. The molecule has 0 saturated heterocycles. The summed E-state index contributed by atoms with van der Waals surface area (Å²) in [6, 6.07) is 0. The van der Waals surface area contributed by atoms with Gasteiger partial charge in [-0.25, -0.2) is 0 Å². The molecule has 1 aliphatic rings. The average Bonchev–Trinajstić information content (AvgIpc) is 2.42. The molecule has 1 aromatic rings. The molecule has 2 heterocycles. The molecule has 2 rings (SSSR count). The maximum Gasteiger partial charge on any atom is 0.132 e. The van der Waals surface area contributed by atoms with Gasteiger partial charge in [0.1, 0.15) is 12.2 Å². The maximum atomic E-state index is 7.71. The fourth-order valence-electron chi connectivity index (χ4n) is 1.17. The molecule has 0 aromatic carbocycles. The van der Waals surface area contributed by atoms with Gasteiger partial charge in [-0.1, -0.05) is 6.42 Å². The van der Waals surface area contributed by atoms with Crippen molar-refractivity contribution in [1.82, 2.24) is 14.8 Å². The second-order valence-corrected chi connectivity index (χ2v) is 2.48. The van der Waals surface area contributed by atoms with E-state index < -0.39 is 6.50 Å². The molecule has 0 aliphatic carbocycles. The molecule has 0 bridgehead atoms. The average molecular weight is 139 g/mol. The summed E-state index contributed by atoms with van der Waals surface area (Å²) in [4.78, 5) is 0. The second-order valence-electron chi connectivity index (χ2n) is 2.48. The Morgan fingerprint density at radius 1 is 1.50 bits per heavy atom. The molecular weight excluding hydrogens is 126 g/mol. The van der Waals surface area contributed by atoms with E-state index >= 15 is 0 Å². The van der Waals surface area contributed by atoms with Crippen LogP contribution in [-0.2, 0) is 12.9 Å². The van der Waals surface area contributed by atoms with Crippen LogP contribution in [0.2, 0.25) is 0 Å². The summed E-state index contributed by atoms with van der Waals surface area (Å²) in [5, 5.41) is 7.60. The van der Waals surface area contributed by atoms with Crippen LogP contribution in [0.4, 0.5) is 0 Å². The topological polar surface area (TPSA) is 30.7 Å². The lowest BCUT2D eigenvalue weighted by Gasteiger charge is -1.97. The van der Waals surface area contributed by atoms with Crippen LogP contribution in [0.3, 0.4) is 0 Å². The Bertz CT molecular complexity index is 282. The van der Waals surface area contributed by atoms with E-state index in [2.05, 4.69) is 10.2 Å². The van der Waals surface area contributed by atoms with Crippen molar-refractivity contribution in [3.8, 4) is 0 Å². The Morgan fingerprint density at radius 2 is 2.50 bits per heavy atom. The lowest BCUT2D eigenvalue weighted by Crippen LogP contribution is -1.98. The van der Waals surface area contributed by atoms with Crippen LogP contribution in [0.1, 0.15) is 27.8 Å². The van der Waals surface area contributed by atoms with Crippen molar-refractivity contribution < 1.29 is 2.74 Å². The molecule has 1 aliphatic heterocycles. The first-order valence-corrected chi connectivity index (χ1v) is 3.59. The lowest BCUT2D eigenvalue weighted by molar-refractivity contribution is 0.632. The van der Waals surface area contributed by atoms with Gasteiger partial charge < -0.3 is 4.57 Å². The van der Waals surface area contributed by atoms with Gasteiger partial charge in [0.05, 0.1) is 0 Å². The molecule has 0 unspecified atom stereocenters. The first kappa shape index (κ1) is 4.11. The van der Waals surface area contributed by atoms with Gasteiger partial charge in [0, 0.05) is 15.7 Å². The van der Waals surface area contributed by atoms with Crippen LogP contribution in [0.5, 0.6) is 0 Å². The first-order valence-electron chi connectivity index (χ1n) is 4.59. The van der Waals surface area contributed by atoms with Crippen molar-refractivity contribution in [2.45, 2.75) is 32.2 Å². The molecule has 1 aromatic heterocycles. The van der Waals surface area contributed by atoms with Crippen LogP contribution in [-0.4, -0.2) is 14.8 Å². The molecule has 3 heteroatoms. The van der Waals surface area contributed by atoms with Gasteiger partial charge in [0.2, 0.25) is 0 Å². The Balaban J connectivity index is 2.43. The highest BCUT2D eigenvalue weighted by molar-refractivity contribution is 4.87. The van der Waals surface area contributed by atoms with Crippen LogP contribution in [0.25, 0.3) is 0 Å². The summed E-state index contributed by atoms with van der Waals surface area (Å²) in [5.41, 5.74) is 0. The fourth-order valence-corrected chi connectivity index (χ4v) is 1.17. The van der Waals surface area contributed by atoms with Crippen LogP contribution in [0.15, 0.2) is 6.33 Å². The third kappa shape index (κ3) is 0.916. The van der Waals surface area contributed by atoms with E-state index in [1.165, 1.54) is 6.33 Å². The minimum Gasteiger partial charge on any atom is -0.318 e. The van der Waals surface area contributed by atoms with E-state index in [9.17, 15) is 0 Å². The zero-order valence-electron chi connectivity index (χ0n) is 7.75. The van der Waals surface area contributed by atoms with Crippen molar-refractivity contribution in [2.24, 2.45) is 0 Å². The van der Waals surface area contributed by atoms with E-state index in [0.29, 0.717) is 6.42 Å². The number of fused-ring (bicyclic) bond motifs is 1. The Kier molecular flexibility index (Phi) is 0.988. The Hall–Kier alpha value is -0.860. The van der Waals surface area contributed by atoms with Crippen LogP contribution < -0.4 is 0 Å². The molecule has 54 valence electrons. The van der Waals surface area contributed by atoms with Gasteiger partial charge in [-0.05, 0) is 12.8 Å². The highest BCUT2D eigenvalue weighted by Gasteiger charge is 2.06. The van der Waals surface area contributed by atoms with Crippen molar-refractivity contribution in [3.63, 3.8) is 0 Å². The normalized spacial score (nSPS) is 26.0. The Morgan fingerprint density at radius 3 is 3.50 bits per heavy atom.